The van der Waals surface area contributed by atoms with Gasteiger partial charge in [0.25, 0.3) is 0 Å². The maximum atomic E-state index is 13.0. The summed E-state index contributed by atoms with van der Waals surface area (Å²) in [5.74, 6) is -2.60. The SMILES string of the molecule is O=C(O)c1c[nH]c(=S)n1Cc1cc(F)cc(F)c1. The molecule has 0 saturated carbocycles. The zero-order valence-electron chi connectivity index (χ0n) is 8.98. The maximum Gasteiger partial charge on any atom is 0.354 e. The lowest BCUT2D eigenvalue weighted by molar-refractivity contribution is 0.0685. The molecular weight excluding hydrogens is 262 g/mol. The number of benzene rings is 1. The quantitative estimate of drug-likeness (QED) is 0.843. The number of aromatic amines is 1. The number of carboxylic acid groups (broad SMARTS) is 1. The number of carbonyl (C=O) groups is 1. The average Bonchev–Trinajstić information content (AvgIpc) is 2.59. The minimum absolute atomic E-state index is 0.0152. The second-order valence-electron chi connectivity index (χ2n) is 3.65. The number of halogens is 2. The van der Waals surface area contributed by atoms with Crippen LogP contribution in [0, 0.1) is 16.4 Å². The Hall–Kier alpha value is -2.02. The summed E-state index contributed by atoms with van der Waals surface area (Å²) in [6.45, 7) is -0.0152. The van der Waals surface area contributed by atoms with Crippen LogP contribution in [0.5, 0.6) is 0 Å². The van der Waals surface area contributed by atoms with Gasteiger partial charge in [0.05, 0.1) is 6.54 Å². The third-order valence-electron chi connectivity index (χ3n) is 2.35. The Kier molecular flexibility index (Phi) is 3.24. The van der Waals surface area contributed by atoms with Crippen LogP contribution < -0.4 is 0 Å². The lowest BCUT2D eigenvalue weighted by Crippen LogP contribution is -2.09. The fourth-order valence-electron chi connectivity index (χ4n) is 1.61. The Morgan fingerprint density at radius 2 is 1.94 bits per heavy atom. The molecule has 1 aromatic carbocycles. The molecule has 0 saturated heterocycles. The molecule has 2 rings (SSSR count). The number of carboxylic acids is 1. The van der Waals surface area contributed by atoms with Gasteiger partial charge in [0.2, 0.25) is 0 Å². The summed E-state index contributed by atoms with van der Waals surface area (Å²) in [7, 11) is 0. The van der Waals surface area contributed by atoms with Gasteiger partial charge in [-0.3, -0.25) is 0 Å². The van der Waals surface area contributed by atoms with E-state index in [1.165, 1.54) is 10.8 Å². The average molecular weight is 270 g/mol. The monoisotopic (exact) mass is 270 g/mol. The summed E-state index contributed by atoms with van der Waals surface area (Å²) in [6, 6.07) is 3.00. The van der Waals surface area contributed by atoms with Crippen LogP contribution in [0.15, 0.2) is 24.4 Å². The Labute approximate surface area is 106 Å². The molecule has 1 aromatic heterocycles. The maximum absolute atomic E-state index is 13.0. The summed E-state index contributed by atoms with van der Waals surface area (Å²) in [4.78, 5) is 13.5. The normalized spacial score (nSPS) is 10.6. The Morgan fingerprint density at radius 1 is 1.33 bits per heavy atom. The van der Waals surface area contributed by atoms with E-state index in [1.807, 2.05) is 0 Å². The van der Waals surface area contributed by atoms with E-state index in [1.54, 1.807) is 0 Å². The Bertz CT molecular complexity index is 643. The minimum Gasteiger partial charge on any atom is -0.477 e. The first-order valence-electron chi connectivity index (χ1n) is 4.94. The van der Waals surface area contributed by atoms with Gasteiger partial charge in [-0.25, -0.2) is 13.6 Å². The van der Waals surface area contributed by atoms with E-state index >= 15 is 0 Å². The molecular formula is C11H8F2N2O2S. The highest BCUT2D eigenvalue weighted by atomic mass is 32.1. The number of nitrogens with zero attached hydrogens (tertiary/aromatic N) is 1. The van der Waals surface area contributed by atoms with Crippen LogP contribution in [-0.2, 0) is 6.54 Å². The van der Waals surface area contributed by atoms with Crippen molar-refractivity contribution < 1.29 is 18.7 Å². The first kappa shape index (κ1) is 12.4. The van der Waals surface area contributed by atoms with E-state index in [-0.39, 0.29) is 17.0 Å². The van der Waals surface area contributed by atoms with Gasteiger partial charge >= 0.3 is 5.97 Å². The van der Waals surface area contributed by atoms with Gasteiger partial charge in [0, 0.05) is 12.3 Å². The Morgan fingerprint density at radius 3 is 2.50 bits per heavy atom. The van der Waals surface area contributed by atoms with Crippen molar-refractivity contribution in [3.63, 3.8) is 0 Å². The van der Waals surface area contributed by atoms with E-state index in [4.69, 9.17) is 17.3 Å². The second kappa shape index (κ2) is 4.69. The number of hydrogen-bond donors (Lipinski definition) is 2. The van der Waals surface area contributed by atoms with Gasteiger partial charge in [-0.05, 0) is 29.9 Å². The predicted octanol–water partition coefficient (Wildman–Crippen LogP) is 2.57. The van der Waals surface area contributed by atoms with Gasteiger partial charge in [-0.2, -0.15) is 0 Å². The summed E-state index contributed by atoms with van der Waals surface area (Å²) < 4.78 is 27.5. The van der Waals surface area contributed by atoms with Crippen molar-refractivity contribution in [3.8, 4) is 0 Å². The zero-order valence-corrected chi connectivity index (χ0v) is 9.80. The van der Waals surface area contributed by atoms with Crippen LogP contribution in [0.4, 0.5) is 8.78 Å². The number of imidazole rings is 1. The van der Waals surface area contributed by atoms with Gasteiger partial charge < -0.3 is 14.7 Å². The smallest absolute Gasteiger partial charge is 0.354 e. The van der Waals surface area contributed by atoms with Crippen molar-refractivity contribution in [1.82, 2.24) is 9.55 Å². The standard InChI is InChI=1S/C11H8F2N2O2S/c12-7-1-6(2-8(13)3-7)5-15-9(10(16)17)4-14-11(15)18/h1-4H,5H2,(H,14,18)(H,16,17). The lowest BCUT2D eigenvalue weighted by Gasteiger charge is -2.06. The minimum atomic E-state index is -1.17. The molecule has 0 amide bonds. The van der Waals surface area contributed by atoms with E-state index in [0.29, 0.717) is 5.56 Å². The molecule has 2 aromatic rings. The van der Waals surface area contributed by atoms with Crippen LogP contribution in [0.1, 0.15) is 16.1 Å². The van der Waals surface area contributed by atoms with Crippen LogP contribution in [0.3, 0.4) is 0 Å². The number of aromatic nitrogens is 2. The summed E-state index contributed by atoms with van der Waals surface area (Å²) >= 11 is 4.91. The molecule has 0 atom stereocenters. The van der Waals surface area contributed by atoms with Crippen molar-refractivity contribution in [2.24, 2.45) is 0 Å². The molecule has 0 fully saturated rings. The van der Waals surface area contributed by atoms with E-state index < -0.39 is 17.6 Å². The second-order valence-corrected chi connectivity index (χ2v) is 4.03. The first-order chi connectivity index (χ1) is 8.47. The molecule has 7 heteroatoms. The van der Waals surface area contributed by atoms with Crippen molar-refractivity contribution in [2.45, 2.75) is 6.54 Å². The highest BCUT2D eigenvalue weighted by Gasteiger charge is 2.12. The summed E-state index contributed by atoms with van der Waals surface area (Å²) in [5, 5.41) is 8.93. The molecule has 0 aliphatic rings. The zero-order chi connectivity index (χ0) is 13.3. The third-order valence-corrected chi connectivity index (χ3v) is 2.69. The molecule has 0 spiro atoms. The van der Waals surface area contributed by atoms with Gasteiger partial charge in [0.1, 0.15) is 17.3 Å². The molecule has 0 unspecified atom stereocenters. The van der Waals surface area contributed by atoms with Crippen molar-refractivity contribution in [1.29, 1.82) is 0 Å². The highest BCUT2D eigenvalue weighted by molar-refractivity contribution is 7.71. The molecule has 2 N–H and O–H groups in total. The number of hydrogen-bond acceptors (Lipinski definition) is 2. The predicted molar refractivity (Wildman–Crippen MR) is 62.0 cm³/mol. The fraction of sp³-hybridized carbons (Fsp3) is 0.0909. The number of rotatable bonds is 3. The molecule has 4 nitrogen and oxygen atoms in total. The lowest BCUT2D eigenvalue weighted by atomic mass is 10.2. The number of nitrogens with one attached hydrogen (secondary N) is 1. The molecule has 0 aliphatic carbocycles. The highest BCUT2D eigenvalue weighted by Crippen LogP contribution is 2.12. The fourth-order valence-corrected chi connectivity index (χ4v) is 1.84. The van der Waals surface area contributed by atoms with E-state index in [0.717, 1.165) is 18.2 Å². The van der Waals surface area contributed by atoms with Crippen molar-refractivity contribution >= 4 is 18.2 Å². The molecule has 94 valence electrons. The van der Waals surface area contributed by atoms with Gasteiger partial charge in [-0.1, -0.05) is 0 Å². The van der Waals surface area contributed by atoms with Crippen LogP contribution >= 0.6 is 12.2 Å². The summed E-state index contributed by atoms with van der Waals surface area (Å²) in [5.41, 5.74) is 0.232. The third kappa shape index (κ3) is 2.45. The largest absolute Gasteiger partial charge is 0.477 e. The number of H-pyrrole nitrogens is 1. The molecule has 0 aliphatic heterocycles. The van der Waals surface area contributed by atoms with E-state index in [2.05, 4.69) is 4.98 Å². The molecule has 0 bridgehead atoms. The van der Waals surface area contributed by atoms with E-state index in [9.17, 15) is 13.6 Å². The topological polar surface area (TPSA) is 58.0 Å². The Balaban J connectivity index is 2.42. The molecule has 0 radical (unpaired) electrons. The summed E-state index contributed by atoms with van der Waals surface area (Å²) in [6.07, 6.45) is 1.24. The van der Waals surface area contributed by atoms with Crippen LogP contribution in [0.25, 0.3) is 0 Å². The van der Waals surface area contributed by atoms with Crippen LogP contribution in [-0.4, -0.2) is 20.6 Å². The number of aromatic carboxylic acids is 1. The van der Waals surface area contributed by atoms with Crippen molar-refractivity contribution in [3.05, 3.63) is 52.1 Å². The molecule has 18 heavy (non-hydrogen) atoms. The van der Waals surface area contributed by atoms with Crippen LogP contribution in [0.2, 0.25) is 0 Å². The van der Waals surface area contributed by atoms with Gasteiger partial charge in [-0.15, -0.1) is 0 Å². The van der Waals surface area contributed by atoms with Gasteiger partial charge in [0.15, 0.2) is 4.77 Å². The van der Waals surface area contributed by atoms with Crippen molar-refractivity contribution in [2.75, 3.05) is 0 Å². The first-order valence-corrected chi connectivity index (χ1v) is 5.34. The molecule has 1 heterocycles.